The lowest BCUT2D eigenvalue weighted by atomic mass is 10.1. The first-order valence-electron chi connectivity index (χ1n) is 7.97. The van der Waals surface area contributed by atoms with Gasteiger partial charge in [0.25, 0.3) is 0 Å². The minimum atomic E-state index is -0.865. The number of carbonyl (C=O) groups is 1. The molecule has 2 rings (SSSR count). The normalized spacial score (nSPS) is 11.8. The number of hydrogen-bond donors (Lipinski definition) is 2. The quantitative estimate of drug-likeness (QED) is 0.771. The topological polar surface area (TPSA) is 75.8 Å². The molecule has 0 spiro atoms. The molecule has 0 saturated carbocycles. The van der Waals surface area contributed by atoms with E-state index in [-0.39, 0.29) is 12.5 Å². The maximum absolute atomic E-state index is 11.8. The molecule has 2 aromatic carbocycles. The first-order valence-corrected chi connectivity index (χ1v) is 7.97. The summed E-state index contributed by atoms with van der Waals surface area (Å²) in [5, 5.41) is 8.93. The van der Waals surface area contributed by atoms with E-state index in [4.69, 9.17) is 15.6 Å². The summed E-state index contributed by atoms with van der Waals surface area (Å²) in [6.45, 7) is 0.710. The Kier molecular flexibility index (Phi) is 6.78. The Bertz CT molecular complexity index is 629. The highest BCUT2D eigenvalue weighted by Gasteiger charge is 2.16. The number of aliphatic hydroxyl groups is 1. The predicted molar refractivity (Wildman–Crippen MR) is 93.6 cm³/mol. The molecule has 0 aromatic heterocycles. The van der Waals surface area contributed by atoms with Crippen molar-refractivity contribution in [1.29, 1.82) is 0 Å². The van der Waals surface area contributed by atoms with Gasteiger partial charge in [-0.25, -0.2) is 0 Å². The summed E-state index contributed by atoms with van der Waals surface area (Å²) in [7, 11) is 1.67. The minimum Gasteiger partial charge on any atom is -0.493 e. The summed E-state index contributed by atoms with van der Waals surface area (Å²) < 4.78 is 5.74. The van der Waals surface area contributed by atoms with Crippen LogP contribution in [0, 0.1) is 0 Å². The van der Waals surface area contributed by atoms with E-state index >= 15 is 0 Å². The van der Waals surface area contributed by atoms with Crippen molar-refractivity contribution in [3.63, 3.8) is 0 Å². The Balaban J connectivity index is 1.81. The maximum Gasteiger partial charge on any atom is 0.241 e. The third-order valence-electron chi connectivity index (χ3n) is 3.74. The number of carbonyl (C=O) groups excluding carboxylic acids is 1. The van der Waals surface area contributed by atoms with Crippen LogP contribution in [0.4, 0.5) is 0 Å². The van der Waals surface area contributed by atoms with Gasteiger partial charge in [0.15, 0.2) is 0 Å². The van der Waals surface area contributed by atoms with Gasteiger partial charge in [-0.2, -0.15) is 0 Å². The molecule has 1 unspecified atom stereocenters. The zero-order valence-corrected chi connectivity index (χ0v) is 13.9. The third-order valence-corrected chi connectivity index (χ3v) is 3.74. The van der Waals surface area contributed by atoms with E-state index in [1.807, 2.05) is 42.5 Å². The molecule has 3 N–H and O–H groups in total. The average Bonchev–Trinajstić information content (AvgIpc) is 2.62. The van der Waals surface area contributed by atoms with E-state index in [1.165, 1.54) is 10.5 Å². The van der Waals surface area contributed by atoms with E-state index in [0.717, 1.165) is 17.7 Å². The van der Waals surface area contributed by atoms with E-state index in [9.17, 15) is 4.79 Å². The Hall–Kier alpha value is -2.37. The number of ether oxygens (including phenoxy) is 1. The molecule has 0 radical (unpaired) electrons. The van der Waals surface area contributed by atoms with Crippen LogP contribution in [0.2, 0.25) is 0 Å². The fraction of sp³-hybridized carbons (Fsp3) is 0.316. The maximum atomic E-state index is 11.8. The van der Waals surface area contributed by atoms with Crippen molar-refractivity contribution < 1.29 is 14.6 Å². The van der Waals surface area contributed by atoms with Crippen LogP contribution in [0.5, 0.6) is 5.75 Å². The second-order valence-corrected chi connectivity index (χ2v) is 5.71. The van der Waals surface area contributed by atoms with Crippen molar-refractivity contribution in [2.45, 2.75) is 19.0 Å². The van der Waals surface area contributed by atoms with E-state index in [1.54, 1.807) is 7.05 Å². The minimum absolute atomic E-state index is 0.277. The fourth-order valence-corrected chi connectivity index (χ4v) is 2.34. The van der Waals surface area contributed by atoms with Gasteiger partial charge in [-0.3, -0.25) is 4.79 Å². The van der Waals surface area contributed by atoms with Crippen molar-refractivity contribution in [1.82, 2.24) is 4.90 Å². The van der Waals surface area contributed by atoms with Crippen LogP contribution in [0.15, 0.2) is 54.6 Å². The Morgan fingerprint density at radius 2 is 1.79 bits per heavy atom. The first-order chi connectivity index (χ1) is 11.6. The highest BCUT2D eigenvalue weighted by atomic mass is 16.5. The number of nitrogens with two attached hydrogens (primary N) is 1. The Morgan fingerprint density at radius 1 is 1.12 bits per heavy atom. The largest absolute Gasteiger partial charge is 0.493 e. The molecule has 24 heavy (non-hydrogen) atoms. The van der Waals surface area contributed by atoms with Crippen LogP contribution < -0.4 is 10.5 Å². The molecule has 1 atom stereocenters. The van der Waals surface area contributed by atoms with Gasteiger partial charge in [0.1, 0.15) is 11.8 Å². The summed E-state index contributed by atoms with van der Waals surface area (Å²) in [4.78, 5) is 13.3. The van der Waals surface area contributed by atoms with Crippen LogP contribution in [-0.4, -0.2) is 42.2 Å². The number of rotatable bonds is 8. The monoisotopic (exact) mass is 328 g/mol. The molecule has 0 aliphatic rings. The molecule has 5 nitrogen and oxygen atoms in total. The number of aliphatic hydroxyl groups excluding tert-OH is 1. The molecule has 5 heteroatoms. The van der Waals surface area contributed by atoms with Gasteiger partial charge < -0.3 is 20.5 Å². The second kappa shape index (κ2) is 9.05. The molecule has 0 bridgehead atoms. The molecule has 128 valence electrons. The summed E-state index contributed by atoms with van der Waals surface area (Å²) in [6.07, 6.45) is 0.860. The second-order valence-electron chi connectivity index (χ2n) is 5.71. The van der Waals surface area contributed by atoms with Gasteiger partial charge in [0.2, 0.25) is 5.91 Å². The Labute approximate surface area is 142 Å². The number of amides is 1. The van der Waals surface area contributed by atoms with E-state index in [0.29, 0.717) is 13.2 Å². The first kappa shape index (κ1) is 18.0. The van der Waals surface area contributed by atoms with Gasteiger partial charge in [-0.15, -0.1) is 0 Å². The van der Waals surface area contributed by atoms with Crippen LogP contribution in [0.25, 0.3) is 0 Å². The predicted octanol–water partition coefficient (Wildman–Crippen LogP) is 1.59. The third kappa shape index (κ3) is 5.37. The lowest BCUT2D eigenvalue weighted by Crippen LogP contribution is -2.43. The van der Waals surface area contributed by atoms with E-state index < -0.39 is 6.04 Å². The van der Waals surface area contributed by atoms with Crippen molar-refractivity contribution in [3.05, 3.63) is 65.7 Å². The van der Waals surface area contributed by atoms with Crippen LogP contribution in [0.3, 0.4) is 0 Å². The van der Waals surface area contributed by atoms with Crippen LogP contribution in [0.1, 0.15) is 11.1 Å². The molecular weight excluding hydrogens is 304 g/mol. The number of benzene rings is 2. The zero-order chi connectivity index (χ0) is 17.4. The van der Waals surface area contributed by atoms with Crippen LogP contribution >= 0.6 is 0 Å². The van der Waals surface area contributed by atoms with Gasteiger partial charge in [-0.05, 0) is 23.3 Å². The molecule has 0 fully saturated rings. The molecule has 0 aliphatic heterocycles. The van der Waals surface area contributed by atoms with Crippen molar-refractivity contribution in [3.8, 4) is 5.75 Å². The summed E-state index contributed by atoms with van der Waals surface area (Å²) in [6, 6.07) is 17.0. The van der Waals surface area contributed by atoms with Crippen molar-refractivity contribution in [2.75, 3.05) is 20.3 Å². The highest BCUT2D eigenvalue weighted by molar-refractivity contribution is 5.81. The Morgan fingerprint density at radius 3 is 2.42 bits per heavy atom. The molecule has 2 aromatic rings. The van der Waals surface area contributed by atoms with Crippen molar-refractivity contribution >= 4 is 5.91 Å². The summed E-state index contributed by atoms with van der Waals surface area (Å²) >= 11 is 0. The van der Waals surface area contributed by atoms with Gasteiger partial charge in [-0.1, -0.05) is 42.5 Å². The highest BCUT2D eigenvalue weighted by Crippen LogP contribution is 2.14. The summed E-state index contributed by atoms with van der Waals surface area (Å²) in [5.41, 5.74) is 7.76. The van der Waals surface area contributed by atoms with Gasteiger partial charge >= 0.3 is 0 Å². The standard InChI is InChI=1S/C19H24N2O3/c1-21(19(23)18(20)14-22)13-16-7-9-17(10-8-16)24-12-11-15-5-3-2-4-6-15/h2-10,18,22H,11-14,20H2,1H3. The molecule has 0 saturated heterocycles. The van der Waals surface area contributed by atoms with Crippen LogP contribution in [-0.2, 0) is 17.8 Å². The SMILES string of the molecule is CN(Cc1ccc(OCCc2ccccc2)cc1)C(=O)C(N)CO. The lowest BCUT2D eigenvalue weighted by Gasteiger charge is -2.20. The smallest absolute Gasteiger partial charge is 0.241 e. The fourth-order valence-electron chi connectivity index (χ4n) is 2.34. The number of nitrogens with zero attached hydrogens (tertiary/aromatic N) is 1. The number of hydrogen-bond acceptors (Lipinski definition) is 4. The summed E-state index contributed by atoms with van der Waals surface area (Å²) in [5.74, 6) is 0.524. The molecular formula is C19H24N2O3. The average molecular weight is 328 g/mol. The van der Waals surface area contributed by atoms with E-state index in [2.05, 4.69) is 12.1 Å². The van der Waals surface area contributed by atoms with Gasteiger partial charge in [0, 0.05) is 20.0 Å². The molecule has 0 heterocycles. The zero-order valence-electron chi connectivity index (χ0n) is 13.9. The lowest BCUT2D eigenvalue weighted by molar-refractivity contribution is -0.132. The van der Waals surface area contributed by atoms with Crippen molar-refractivity contribution in [2.24, 2.45) is 5.73 Å². The molecule has 1 amide bonds. The number of likely N-dealkylation sites (N-methyl/N-ethyl adjacent to an activating group) is 1. The van der Waals surface area contributed by atoms with Gasteiger partial charge in [0.05, 0.1) is 13.2 Å². The molecule has 0 aliphatic carbocycles.